The molecule has 0 saturated heterocycles. The molecule has 0 amide bonds. The number of rotatable bonds is 4. The maximum Gasteiger partial charge on any atom is 0.320 e. The van der Waals surface area contributed by atoms with Gasteiger partial charge in [-0.1, -0.05) is 0 Å². The van der Waals surface area contributed by atoms with E-state index in [9.17, 15) is 9.59 Å². The summed E-state index contributed by atoms with van der Waals surface area (Å²) in [6.45, 7) is 3.17. The minimum absolute atomic E-state index is 0.431. The highest BCUT2D eigenvalue weighted by atomic mass is 16.4. The van der Waals surface area contributed by atoms with Gasteiger partial charge in [-0.05, 0) is 27.9 Å². The van der Waals surface area contributed by atoms with Crippen molar-refractivity contribution >= 4 is 11.9 Å². The Morgan fingerprint density at radius 2 is 1.14 bits per heavy atom. The summed E-state index contributed by atoms with van der Waals surface area (Å²) >= 11 is 0. The van der Waals surface area contributed by atoms with Crippen LogP contribution in [0.25, 0.3) is 0 Å². The second-order valence-corrected chi connectivity index (χ2v) is 2.70. The van der Waals surface area contributed by atoms with E-state index >= 15 is 0 Å². The number of carboxylic acid groups (broad SMARTS) is 2. The van der Waals surface area contributed by atoms with Gasteiger partial charge >= 0.3 is 11.9 Å². The summed E-state index contributed by atoms with van der Waals surface area (Å²) in [4.78, 5) is 19.7. The van der Waals surface area contributed by atoms with Crippen molar-refractivity contribution in [2.24, 2.45) is 0 Å². The third kappa shape index (κ3) is 8.95. The molecular weight excluding hydrogens is 188 g/mol. The van der Waals surface area contributed by atoms with Crippen LogP contribution in [0.4, 0.5) is 0 Å². The third-order valence-corrected chi connectivity index (χ3v) is 1.61. The highest BCUT2D eigenvalue weighted by molar-refractivity contribution is 5.73. The SMILES string of the molecule is CNC(C)C(=O)O.CN[C@@H](C)C(=O)O. The van der Waals surface area contributed by atoms with E-state index in [2.05, 4.69) is 10.6 Å². The molecule has 1 unspecified atom stereocenters. The third-order valence-electron chi connectivity index (χ3n) is 1.61. The molecule has 0 aliphatic carbocycles. The Bertz CT molecular complexity index is 164. The van der Waals surface area contributed by atoms with Gasteiger partial charge in [0.15, 0.2) is 0 Å². The minimum atomic E-state index is -0.817. The lowest BCUT2D eigenvalue weighted by molar-refractivity contribution is -0.139. The predicted molar refractivity (Wildman–Crippen MR) is 52.3 cm³/mol. The summed E-state index contributed by atoms with van der Waals surface area (Å²) in [6, 6.07) is -0.861. The minimum Gasteiger partial charge on any atom is -0.480 e. The van der Waals surface area contributed by atoms with Crippen LogP contribution in [0.5, 0.6) is 0 Å². The van der Waals surface area contributed by atoms with Gasteiger partial charge in [-0.15, -0.1) is 0 Å². The zero-order chi connectivity index (χ0) is 11.7. The number of carboxylic acids is 2. The normalized spacial score (nSPS) is 13.4. The zero-order valence-electron chi connectivity index (χ0n) is 8.87. The maximum absolute atomic E-state index is 9.87. The summed E-state index contributed by atoms with van der Waals surface area (Å²) < 4.78 is 0. The molecule has 0 aromatic heterocycles. The smallest absolute Gasteiger partial charge is 0.320 e. The van der Waals surface area contributed by atoms with Crippen LogP contribution in [0.1, 0.15) is 13.8 Å². The first-order valence-corrected chi connectivity index (χ1v) is 4.16. The molecule has 0 rings (SSSR count). The van der Waals surface area contributed by atoms with Crippen molar-refractivity contribution in [1.82, 2.24) is 10.6 Å². The number of aliphatic carboxylic acids is 2. The van der Waals surface area contributed by atoms with Crippen LogP contribution in [0, 0.1) is 0 Å². The molecule has 84 valence electrons. The van der Waals surface area contributed by atoms with Crippen molar-refractivity contribution in [1.29, 1.82) is 0 Å². The van der Waals surface area contributed by atoms with E-state index < -0.39 is 24.0 Å². The average molecular weight is 206 g/mol. The van der Waals surface area contributed by atoms with Crippen molar-refractivity contribution in [2.75, 3.05) is 14.1 Å². The maximum atomic E-state index is 9.87. The molecule has 0 aliphatic heterocycles. The standard InChI is InChI=1S/2C4H9NO2/c2*1-3(5-2)4(6)7/h2*3,5H,1-2H3,(H,6,7)/t3-;/m0./s1. The number of carbonyl (C=O) groups is 2. The van der Waals surface area contributed by atoms with Gasteiger partial charge in [0, 0.05) is 0 Å². The van der Waals surface area contributed by atoms with Crippen molar-refractivity contribution in [3.05, 3.63) is 0 Å². The summed E-state index contributed by atoms with van der Waals surface area (Å²) in [6.07, 6.45) is 0. The molecular formula is C8H18N2O4. The van der Waals surface area contributed by atoms with Crippen molar-refractivity contribution < 1.29 is 19.8 Å². The van der Waals surface area contributed by atoms with Crippen LogP contribution in [-0.4, -0.2) is 48.3 Å². The van der Waals surface area contributed by atoms with Crippen molar-refractivity contribution in [2.45, 2.75) is 25.9 Å². The van der Waals surface area contributed by atoms with E-state index in [1.165, 1.54) is 0 Å². The van der Waals surface area contributed by atoms with Crippen LogP contribution < -0.4 is 10.6 Å². The second-order valence-electron chi connectivity index (χ2n) is 2.70. The largest absolute Gasteiger partial charge is 0.480 e. The predicted octanol–water partition coefficient (Wildman–Crippen LogP) is -0.642. The van der Waals surface area contributed by atoms with Gasteiger partial charge in [0.05, 0.1) is 0 Å². The van der Waals surface area contributed by atoms with Gasteiger partial charge in [-0.2, -0.15) is 0 Å². The first-order valence-electron chi connectivity index (χ1n) is 4.16. The molecule has 6 heteroatoms. The topological polar surface area (TPSA) is 98.7 Å². The second kappa shape index (κ2) is 8.46. The fourth-order valence-corrected chi connectivity index (χ4v) is 0.247. The molecule has 14 heavy (non-hydrogen) atoms. The van der Waals surface area contributed by atoms with Crippen LogP contribution in [0.15, 0.2) is 0 Å². The Morgan fingerprint density at radius 3 is 1.14 bits per heavy atom. The molecule has 0 bridgehead atoms. The molecule has 0 spiro atoms. The van der Waals surface area contributed by atoms with Gasteiger partial charge < -0.3 is 20.8 Å². The number of hydrogen-bond acceptors (Lipinski definition) is 4. The molecule has 0 aromatic rings. The Morgan fingerprint density at radius 1 is 0.929 bits per heavy atom. The fraction of sp³-hybridized carbons (Fsp3) is 0.750. The molecule has 4 N–H and O–H groups in total. The quantitative estimate of drug-likeness (QED) is 0.488. The van der Waals surface area contributed by atoms with Gasteiger partial charge in [-0.3, -0.25) is 9.59 Å². The summed E-state index contributed by atoms with van der Waals surface area (Å²) in [5.41, 5.74) is 0. The van der Waals surface area contributed by atoms with Crippen molar-refractivity contribution in [3.63, 3.8) is 0 Å². The van der Waals surface area contributed by atoms with E-state index in [4.69, 9.17) is 10.2 Å². The Labute approximate surface area is 83.3 Å². The van der Waals surface area contributed by atoms with Gasteiger partial charge in [0.25, 0.3) is 0 Å². The van der Waals surface area contributed by atoms with E-state index in [1.807, 2.05) is 0 Å². The monoisotopic (exact) mass is 206 g/mol. The van der Waals surface area contributed by atoms with Crippen LogP contribution in [0.3, 0.4) is 0 Å². The average Bonchev–Trinajstić information content (AvgIpc) is 2.15. The Hall–Kier alpha value is -1.14. The first kappa shape index (κ1) is 15.3. The van der Waals surface area contributed by atoms with Crippen LogP contribution >= 0.6 is 0 Å². The molecule has 0 radical (unpaired) electrons. The number of hydrogen-bond donors (Lipinski definition) is 4. The molecule has 0 aromatic carbocycles. The summed E-state index contributed by atoms with van der Waals surface area (Å²) in [5.74, 6) is -1.63. The number of nitrogens with one attached hydrogen (secondary N) is 2. The molecule has 0 aliphatic rings. The molecule has 2 atom stereocenters. The van der Waals surface area contributed by atoms with Gasteiger partial charge in [0.2, 0.25) is 0 Å². The Kier molecular flexibility index (Phi) is 9.27. The molecule has 0 heterocycles. The van der Waals surface area contributed by atoms with Crippen molar-refractivity contribution in [3.8, 4) is 0 Å². The lowest BCUT2D eigenvalue weighted by Crippen LogP contribution is -2.29. The molecule has 0 saturated carbocycles. The molecule has 6 nitrogen and oxygen atoms in total. The highest BCUT2D eigenvalue weighted by Gasteiger charge is 2.04. The first-order chi connectivity index (χ1) is 6.36. The lowest BCUT2D eigenvalue weighted by atomic mass is 10.4. The summed E-state index contributed by atoms with van der Waals surface area (Å²) in [7, 11) is 3.22. The fourth-order valence-electron chi connectivity index (χ4n) is 0.247. The Balaban J connectivity index is 0. The van der Waals surface area contributed by atoms with E-state index in [-0.39, 0.29) is 0 Å². The highest BCUT2D eigenvalue weighted by Crippen LogP contribution is 1.75. The van der Waals surface area contributed by atoms with E-state index in [0.29, 0.717) is 0 Å². The van der Waals surface area contributed by atoms with Gasteiger partial charge in [-0.25, -0.2) is 0 Å². The summed E-state index contributed by atoms with van der Waals surface area (Å²) in [5, 5.41) is 21.4. The van der Waals surface area contributed by atoms with E-state index in [0.717, 1.165) is 0 Å². The van der Waals surface area contributed by atoms with E-state index in [1.54, 1.807) is 27.9 Å². The molecule has 0 fully saturated rings. The van der Waals surface area contributed by atoms with Crippen LogP contribution in [0.2, 0.25) is 0 Å². The van der Waals surface area contributed by atoms with Gasteiger partial charge in [0.1, 0.15) is 12.1 Å². The number of likely N-dealkylation sites (N-methyl/N-ethyl adjacent to an activating group) is 2. The van der Waals surface area contributed by atoms with Crippen LogP contribution in [-0.2, 0) is 9.59 Å². The zero-order valence-corrected chi connectivity index (χ0v) is 8.87. The lowest BCUT2D eigenvalue weighted by Gasteiger charge is -1.99.